The lowest BCUT2D eigenvalue weighted by Gasteiger charge is -2.15. The number of benzene rings is 2. The molecule has 1 amide bonds. The predicted molar refractivity (Wildman–Crippen MR) is 158 cm³/mol. The van der Waals surface area contributed by atoms with Gasteiger partial charge in [-0.25, -0.2) is 0 Å². The number of unbranched alkanes of at least 4 members (excludes halogenated alkanes) is 1. The molecule has 0 unspecified atom stereocenters. The van der Waals surface area contributed by atoms with Gasteiger partial charge in [0.2, 0.25) is 11.9 Å². The maximum Gasteiger partial charge on any atom is 0.323 e. The van der Waals surface area contributed by atoms with E-state index in [2.05, 4.69) is 30.9 Å². The highest BCUT2D eigenvalue weighted by Gasteiger charge is 2.15. The van der Waals surface area contributed by atoms with Gasteiger partial charge >= 0.3 is 12.0 Å². The SMILES string of the molecule is CCOc1nc2nc(n1)Nc1ccc(C(=O)NCCCCC(=O)O)c(c1)OCCCCCCOc1ccc(cc1)CN2. The van der Waals surface area contributed by atoms with Gasteiger partial charge in [0.15, 0.2) is 0 Å². The zero-order chi connectivity index (χ0) is 29.6. The fourth-order valence-corrected chi connectivity index (χ4v) is 4.23. The average molecular weight is 579 g/mol. The predicted octanol–water partition coefficient (Wildman–Crippen LogP) is 4.94. The van der Waals surface area contributed by atoms with Crippen molar-refractivity contribution in [2.45, 2.75) is 58.4 Å². The molecule has 2 aliphatic heterocycles. The summed E-state index contributed by atoms with van der Waals surface area (Å²) in [5.74, 6) is 0.734. The quantitative estimate of drug-likeness (QED) is 0.268. The Balaban J connectivity index is 1.54. The van der Waals surface area contributed by atoms with Crippen LogP contribution in [0.4, 0.5) is 17.6 Å². The van der Waals surface area contributed by atoms with Crippen LogP contribution >= 0.6 is 0 Å². The van der Waals surface area contributed by atoms with Gasteiger partial charge in [-0.2, -0.15) is 15.0 Å². The van der Waals surface area contributed by atoms with Crippen LogP contribution in [0, 0.1) is 0 Å². The third-order valence-corrected chi connectivity index (χ3v) is 6.41. The molecule has 12 heteroatoms. The van der Waals surface area contributed by atoms with Crippen molar-refractivity contribution in [3.8, 4) is 17.5 Å². The number of fused-ring (bicyclic) bond motifs is 10. The van der Waals surface area contributed by atoms with Gasteiger partial charge in [0.25, 0.3) is 5.91 Å². The first kappa shape index (κ1) is 30.4. The summed E-state index contributed by atoms with van der Waals surface area (Å²) >= 11 is 0. The molecule has 6 bridgehead atoms. The van der Waals surface area contributed by atoms with Crippen molar-refractivity contribution >= 4 is 29.5 Å². The van der Waals surface area contributed by atoms with Gasteiger partial charge in [-0.3, -0.25) is 9.59 Å². The molecule has 0 atom stereocenters. The topological polar surface area (TPSA) is 157 Å². The number of carboxylic acids is 1. The summed E-state index contributed by atoms with van der Waals surface area (Å²) < 4.78 is 17.5. The maximum atomic E-state index is 13.0. The fraction of sp³-hybridized carbons (Fsp3) is 0.433. The zero-order valence-corrected chi connectivity index (χ0v) is 23.9. The van der Waals surface area contributed by atoms with Crippen LogP contribution in [0.2, 0.25) is 0 Å². The van der Waals surface area contributed by atoms with Crippen LogP contribution < -0.4 is 30.2 Å². The number of rotatable bonds is 8. The summed E-state index contributed by atoms with van der Waals surface area (Å²) in [5.41, 5.74) is 2.06. The van der Waals surface area contributed by atoms with Crippen LogP contribution in [0.15, 0.2) is 42.5 Å². The molecule has 2 aromatic carbocycles. The number of carboxylic acid groups (broad SMARTS) is 1. The molecular weight excluding hydrogens is 540 g/mol. The number of carbonyl (C=O) groups is 2. The maximum absolute atomic E-state index is 13.0. The van der Waals surface area contributed by atoms with Gasteiger partial charge in [-0.1, -0.05) is 12.1 Å². The summed E-state index contributed by atoms with van der Waals surface area (Å²) in [5, 5.41) is 18.1. The molecule has 2 aliphatic rings. The highest BCUT2D eigenvalue weighted by Crippen LogP contribution is 2.27. The van der Waals surface area contributed by atoms with E-state index in [-0.39, 0.29) is 24.3 Å². The highest BCUT2D eigenvalue weighted by atomic mass is 16.5. The van der Waals surface area contributed by atoms with E-state index in [1.54, 1.807) is 18.2 Å². The number of nitrogens with zero attached hydrogens (tertiary/aromatic N) is 3. The first-order valence-electron chi connectivity index (χ1n) is 14.4. The molecule has 0 fully saturated rings. The molecule has 12 nitrogen and oxygen atoms in total. The van der Waals surface area contributed by atoms with Crippen LogP contribution in [-0.2, 0) is 11.3 Å². The molecule has 0 saturated carbocycles. The second kappa shape index (κ2) is 16.0. The Morgan fingerprint density at radius 1 is 0.952 bits per heavy atom. The van der Waals surface area contributed by atoms with Gasteiger partial charge in [0, 0.05) is 31.3 Å². The molecule has 224 valence electrons. The second-order valence-corrected chi connectivity index (χ2v) is 9.75. The highest BCUT2D eigenvalue weighted by molar-refractivity contribution is 5.97. The summed E-state index contributed by atoms with van der Waals surface area (Å²) in [6.45, 7) is 4.19. The summed E-state index contributed by atoms with van der Waals surface area (Å²) in [7, 11) is 0. The molecule has 3 aromatic rings. The van der Waals surface area contributed by atoms with Crippen molar-refractivity contribution in [1.82, 2.24) is 20.3 Å². The van der Waals surface area contributed by atoms with E-state index in [1.165, 1.54) is 0 Å². The van der Waals surface area contributed by atoms with Crippen molar-refractivity contribution in [3.63, 3.8) is 0 Å². The van der Waals surface area contributed by atoms with Gasteiger partial charge in [0.05, 0.1) is 25.4 Å². The molecule has 1 aromatic heterocycles. The van der Waals surface area contributed by atoms with Crippen molar-refractivity contribution in [2.75, 3.05) is 37.0 Å². The minimum absolute atomic E-state index is 0.0721. The molecule has 0 saturated heterocycles. The lowest BCUT2D eigenvalue weighted by molar-refractivity contribution is -0.137. The monoisotopic (exact) mass is 578 g/mol. The molecule has 0 radical (unpaired) electrons. The van der Waals surface area contributed by atoms with Crippen LogP contribution in [0.25, 0.3) is 0 Å². The Morgan fingerprint density at radius 2 is 1.71 bits per heavy atom. The molecule has 0 spiro atoms. The third kappa shape index (κ3) is 9.79. The van der Waals surface area contributed by atoms with Crippen LogP contribution in [0.3, 0.4) is 0 Å². The number of carbonyl (C=O) groups excluding carboxylic acids is 1. The van der Waals surface area contributed by atoms with Crippen molar-refractivity contribution in [3.05, 3.63) is 53.6 Å². The average Bonchev–Trinajstić information content (AvgIpc) is 2.97. The third-order valence-electron chi connectivity index (χ3n) is 6.41. The summed E-state index contributed by atoms with van der Waals surface area (Å²) in [6, 6.07) is 13.3. The van der Waals surface area contributed by atoms with Crippen LogP contribution in [0.5, 0.6) is 17.5 Å². The van der Waals surface area contributed by atoms with Gasteiger partial charge < -0.3 is 35.3 Å². The number of amides is 1. The number of ether oxygens (including phenoxy) is 3. The first-order chi connectivity index (χ1) is 20.5. The number of nitrogens with one attached hydrogen (secondary N) is 3. The zero-order valence-electron chi connectivity index (χ0n) is 23.9. The van der Waals surface area contributed by atoms with Crippen molar-refractivity contribution < 1.29 is 28.9 Å². The minimum Gasteiger partial charge on any atom is -0.494 e. The Kier molecular flexibility index (Phi) is 11.6. The van der Waals surface area contributed by atoms with Crippen molar-refractivity contribution in [1.29, 1.82) is 0 Å². The normalized spacial score (nSPS) is 13.7. The summed E-state index contributed by atoms with van der Waals surface area (Å²) in [6.07, 6.45) is 4.85. The standard InChI is InChI=1S/C30H38N6O6/c1-2-40-30-35-28-32-20-21-10-13-23(14-11-21)41-17-7-3-4-8-18-42-25-19-22(33-29(34-28)36-30)12-15-24(25)27(39)31-16-6-5-9-26(37)38/h10-15,19H,2-9,16-18,20H2,1H3,(H,31,39)(H,37,38)(H2,32,33,34,35,36). The number of hydrogen-bond donors (Lipinski definition) is 4. The number of hydrogen-bond acceptors (Lipinski definition) is 10. The number of anilines is 3. The van der Waals surface area contributed by atoms with E-state index in [9.17, 15) is 9.59 Å². The fourth-order valence-electron chi connectivity index (χ4n) is 4.23. The number of aromatic nitrogens is 3. The number of aliphatic carboxylic acids is 1. The Morgan fingerprint density at radius 3 is 2.48 bits per heavy atom. The van der Waals surface area contributed by atoms with E-state index in [0.29, 0.717) is 68.7 Å². The molecule has 3 heterocycles. The van der Waals surface area contributed by atoms with E-state index in [0.717, 1.165) is 37.0 Å². The lowest BCUT2D eigenvalue weighted by Crippen LogP contribution is -2.25. The van der Waals surface area contributed by atoms with Crippen LogP contribution in [-0.4, -0.2) is 58.3 Å². The summed E-state index contributed by atoms with van der Waals surface area (Å²) in [4.78, 5) is 37.0. The molecule has 0 aliphatic carbocycles. The minimum atomic E-state index is -0.847. The lowest BCUT2D eigenvalue weighted by atomic mass is 10.1. The van der Waals surface area contributed by atoms with E-state index in [4.69, 9.17) is 19.3 Å². The van der Waals surface area contributed by atoms with E-state index < -0.39 is 5.97 Å². The Labute approximate surface area is 245 Å². The van der Waals surface area contributed by atoms with Gasteiger partial charge in [0.1, 0.15) is 11.5 Å². The van der Waals surface area contributed by atoms with E-state index in [1.807, 2.05) is 31.2 Å². The van der Waals surface area contributed by atoms with Crippen LogP contribution in [0.1, 0.15) is 67.8 Å². The Bertz CT molecular complexity index is 1320. The molecular formula is C30H38N6O6. The molecule has 42 heavy (non-hydrogen) atoms. The van der Waals surface area contributed by atoms with Gasteiger partial charge in [-0.15, -0.1) is 0 Å². The van der Waals surface area contributed by atoms with E-state index >= 15 is 0 Å². The second-order valence-electron chi connectivity index (χ2n) is 9.75. The largest absolute Gasteiger partial charge is 0.494 e. The Hall–Kier alpha value is -4.61. The molecule has 5 rings (SSSR count). The van der Waals surface area contributed by atoms with Crippen molar-refractivity contribution in [2.24, 2.45) is 0 Å². The van der Waals surface area contributed by atoms with Gasteiger partial charge in [-0.05, 0) is 75.3 Å². The smallest absolute Gasteiger partial charge is 0.323 e. The molecule has 4 N–H and O–H groups in total. The first-order valence-corrected chi connectivity index (χ1v) is 14.4.